The molecule has 34 rings (SSSR count). The lowest BCUT2D eigenvalue weighted by Gasteiger charge is -2.33. The van der Waals surface area contributed by atoms with Crippen LogP contribution in [0.2, 0.25) is 0 Å². The van der Waals surface area contributed by atoms with E-state index in [1.165, 1.54) is 145 Å². The largest absolute Gasteiger partial charge is 0.462 e. The average molecular weight is 1450 g/mol. The molecule has 4 atom stereocenters. The zero-order chi connectivity index (χ0) is 71.1. The van der Waals surface area contributed by atoms with Crippen LogP contribution in [0.1, 0.15) is 44.5 Å². The highest BCUT2D eigenvalue weighted by Gasteiger charge is 3.04. The summed E-state index contributed by atoms with van der Waals surface area (Å²) in [6, 6.07) is 0. The number of carbonyl (C=O) groups excluding carboxylic acids is 4. The summed E-state index contributed by atoms with van der Waals surface area (Å²) in [7, 11) is 0. The first kappa shape index (κ1) is 56.4. The van der Waals surface area contributed by atoms with Crippen LogP contribution in [0.25, 0.3) is 259 Å². The van der Waals surface area contributed by atoms with Crippen LogP contribution in [0.4, 0.5) is 0 Å². The summed E-state index contributed by atoms with van der Waals surface area (Å²) < 4.78 is 75.3. The van der Waals surface area contributed by atoms with Crippen LogP contribution in [-0.2, 0) is 97.7 Å². The number of benzene rings is 16. The van der Waals surface area contributed by atoms with Crippen LogP contribution in [0.5, 0.6) is 0 Å². The normalized spacial score (nSPS) is 22.5. The van der Waals surface area contributed by atoms with Crippen LogP contribution < -0.4 is 0 Å². The number of aliphatic hydroxyl groups excluding tert-OH is 4. The Morgan fingerprint density at radius 1 is 0.164 bits per heavy atom. The van der Waals surface area contributed by atoms with E-state index >= 15 is 19.2 Å². The Hall–Kier alpha value is -9.88. The third kappa shape index (κ3) is 4.15. The van der Waals surface area contributed by atoms with Gasteiger partial charge in [-0.05, 0) is 303 Å². The van der Waals surface area contributed by atoms with Gasteiger partial charge in [0.1, 0.15) is 26.4 Å². The summed E-state index contributed by atoms with van der Waals surface area (Å²) in [6.07, 6.45) is 0. The number of hydrogen-bond donors (Lipinski definition) is 4. The van der Waals surface area contributed by atoms with Gasteiger partial charge in [0.05, 0.1) is 154 Å². The summed E-state index contributed by atoms with van der Waals surface area (Å²) >= 11 is 0. The first-order valence-electron chi connectivity index (χ1n) is 39.2. The second-order valence-corrected chi connectivity index (χ2v) is 33.8. The predicted octanol–water partition coefficient (Wildman–Crippen LogP) is 11.1. The van der Waals surface area contributed by atoms with Gasteiger partial charge in [0.25, 0.3) is 0 Å². The maximum Gasteiger partial charge on any atom is 0.326 e. The number of hydrogen-bond acceptors (Lipinski definition) is 20. The minimum atomic E-state index is -2.13. The minimum Gasteiger partial charge on any atom is -0.462 e. The molecule has 2 saturated carbocycles. The molecule has 24 aromatic carbocycles. The van der Waals surface area contributed by atoms with E-state index in [9.17, 15) is 20.4 Å². The van der Waals surface area contributed by atoms with Crippen molar-refractivity contribution in [3.8, 4) is 0 Å². The number of carbonyl (C=O) groups is 4. The first-order chi connectivity index (χ1) is 54.4. The molecule has 0 radical (unpaired) electrons. The second kappa shape index (κ2) is 16.3. The predicted molar refractivity (Wildman–Crippen MR) is 411 cm³/mol. The maximum atomic E-state index is 17.9. The third-order valence-corrected chi connectivity index (χ3v) is 31.7. The van der Waals surface area contributed by atoms with Gasteiger partial charge in [0.2, 0.25) is 0 Å². The number of aliphatic hydroxyl groups is 4. The van der Waals surface area contributed by atoms with Crippen LogP contribution in [0, 0.1) is 10.8 Å². The van der Waals surface area contributed by atoms with Crippen molar-refractivity contribution in [3.63, 3.8) is 0 Å². The fourth-order valence-corrected chi connectivity index (χ4v) is 30.8. The molecule has 10 aliphatic carbocycles. The van der Waals surface area contributed by atoms with E-state index in [4.69, 9.17) is 56.8 Å². The van der Waals surface area contributed by atoms with Gasteiger partial charge in [0, 0.05) is 0 Å². The number of esters is 4. The maximum absolute atomic E-state index is 17.9. The summed E-state index contributed by atoms with van der Waals surface area (Å²) in [4.78, 5) is 71.5. The van der Waals surface area contributed by atoms with E-state index in [-0.39, 0.29) is 159 Å². The first-order valence-corrected chi connectivity index (χ1v) is 39.2. The van der Waals surface area contributed by atoms with Crippen LogP contribution >= 0.6 is 0 Å². The standard InChI is InChI=1S/C90H52O20/c91-1-5-99-9-13-103-17-21-107-81(95)89(82(96)108-22-18-104-14-10-100-6-2-92)85-73-57-46-35-28-29-33-26-25-30-27-31(26)42-51-40(33)47-36(29)38-37(35)48-45-49(38)60-58(47)74-62(51)64-53(42)44-34(27)43-52-41(30)50(39(46)32(25)28)61(73)63(52)75-65-54(43)55(44)66-70-69(65)79(87(75,85)89)71-67(77(85)59(48)57)56(45)68-72(71)80(70)88(76(64)66)86(74,78(60)68)90(88,83(97)109-23-19-105-15-11-101-7-3-93)84(98)110-24-20-106-16-12-102-8-4-94/h91-94H,1-24H2. The van der Waals surface area contributed by atoms with E-state index < -0.39 is 56.4 Å². The van der Waals surface area contributed by atoms with Gasteiger partial charge in [-0.3, -0.25) is 19.2 Å². The molecule has 0 bridgehead atoms. The molecule has 20 nitrogen and oxygen atoms in total. The van der Waals surface area contributed by atoms with Gasteiger partial charge in [-0.1, -0.05) is 0 Å². The average Bonchev–Trinajstić information content (AvgIpc) is 1.34. The van der Waals surface area contributed by atoms with Crippen LogP contribution in [0.3, 0.4) is 0 Å². The van der Waals surface area contributed by atoms with Crippen molar-refractivity contribution in [2.45, 2.75) is 21.7 Å². The molecule has 0 saturated heterocycles. The molecule has 0 heterocycles. The molecule has 0 aliphatic heterocycles. The fraction of sp³-hybridized carbons (Fsp3) is 0.333. The Bertz CT molecular complexity index is 7940. The molecule has 4 unspecified atom stereocenters. The lowest BCUT2D eigenvalue weighted by atomic mass is 9.66. The molecule has 532 valence electrons. The van der Waals surface area contributed by atoms with E-state index in [1.807, 2.05) is 0 Å². The number of rotatable bonds is 36. The molecule has 0 amide bonds. The zero-order valence-corrected chi connectivity index (χ0v) is 58.3. The summed E-state index contributed by atoms with van der Waals surface area (Å²) in [5, 5.41) is 94.8. The van der Waals surface area contributed by atoms with Crippen LogP contribution in [-0.4, -0.2) is 203 Å². The van der Waals surface area contributed by atoms with Gasteiger partial charge in [-0.25, -0.2) is 0 Å². The van der Waals surface area contributed by atoms with Gasteiger partial charge in [-0.15, -0.1) is 0 Å². The molecule has 20 heteroatoms. The fourth-order valence-electron chi connectivity index (χ4n) is 30.8. The van der Waals surface area contributed by atoms with Gasteiger partial charge < -0.3 is 77.3 Å². The molecule has 0 aromatic heterocycles. The quantitative estimate of drug-likeness (QED) is 0.00935. The van der Waals surface area contributed by atoms with Crippen LogP contribution in [0.15, 0.2) is 0 Å². The Morgan fingerprint density at radius 3 is 0.418 bits per heavy atom. The molecule has 4 N–H and O–H groups in total. The van der Waals surface area contributed by atoms with Gasteiger partial charge in [0.15, 0.2) is 10.8 Å². The Kier molecular flexibility index (Phi) is 8.34. The monoisotopic (exact) mass is 1450 g/mol. The smallest absolute Gasteiger partial charge is 0.326 e. The molecule has 110 heavy (non-hydrogen) atoms. The van der Waals surface area contributed by atoms with Crippen molar-refractivity contribution < 1.29 is 96.4 Å². The molecule has 4 spiro atoms. The van der Waals surface area contributed by atoms with Crippen molar-refractivity contribution >= 4 is 282 Å². The minimum absolute atomic E-state index is 0.00236. The molecular weight excluding hydrogens is 1400 g/mol. The Balaban J connectivity index is 0.775. The zero-order valence-electron chi connectivity index (χ0n) is 58.3. The molecule has 10 aliphatic rings. The Labute approximate surface area is 611 Å². The van der Waals surface area contributed by atoms with Crippen molar-refractivity contribution in [2.24, 2.45) is 10.8 Å². The van der Waals surface area contributed by atoms with Crippen molar-refractivity contribution in [1.29, 1.82) is 0 Å². The highest BCUT2D eigenvalue weighted by atomic mass is 16.6. The van der Waals surface area contributed by atoms with Crippen molar-refractivity contribution in [1.82, 2.24) is 0 Å². The number of ether oxygens (including phenoxy) is 12. The molecule has 24 aromatic rings. The van der Waals surface area contributed by atoms with E-state index in [1.54, 1.807) is 0 Å². The highest BCUT2D eigenvalue weighted by Crippen LogP contribution is 3.01. The van der Waals surface area contributed by atoms with Crippen molar-refractivity contribution in [3.05, 3.63) is 44.5 Å². The third-order valence-electron chi connectivity index (χ3n) is 31.7. The summed E-state index contributed by atoms with van der Waals surface area (Å²) in [6.45, 7) is 0.929. The highest BCUT2D eigenvalue weighted by molar-refractivity contribution is 6.79. The molecule has 2 fully saturated rings. The molecular formula is C90H52O20. The SMILES string of the molecule is O=C(OCCOCCOCCO)C1(C(=O)OCCOCCOCCO)C23c4c5c6c7c8c4c4c2c2c9c%10c%11c%12c(c5c5c6c6c%13c%14c%15c%16c%17c(c8c8c4c4c2c2c9c9c%11c%11c%18c%12c5c%13c%18c5c%14c%12c%16c%13c%17c8c4c4c2c2c9c%11c5c%12c2c%134)C72C(C(=O)OCCOCCOCCO)(C(=O)OCCOCCOCCO)C6%152)C%1013. The van der Waals surface area contributed by atoms with E-state index in [0.29, 0.717) is 0 Å². The van der Waals surface area contributed by atoms with Gasteiger partial charge in [-0.2, -0.15) is 0 Å². The van der Waals surface area contributed by atoms with E-state index in [2.05, 4.69) is 0 Å². The Morgan fingerprint density at radius 2 is 0.273 bits per heavy atom. The second-order valence-electron chi connectivity index (χ2n) is 33.8. The topological polar surface area (TPSA) is 260 Å². The summed E-state index contributed by atoms with van der Waals surface area (Å²) in [5.41, 5.74) is -2.33. The van der Waals surface area contributed by atoms with E-state index in [0.717, 1.165) is 158 Å². The van der Waals surface area contributed by atoms with Crippen molar-refractivity contribution in [2.75, 3.05) is 159 Å². The lowest BCUT2D eigenvalue weighted by Crippen LogP contribution is -2.39. The van der Waals surface area contributed by atoms with Gasteiger partial charge >= 0.3 is 23.9 Å². The summed E-state index contributed by atoms with van der Waals surface area (Å²) in [5.74, 6) is -2.73. The lowest BCUT2D eigenvalue weighted by molar-refractivity contribution is -0.170.